The average Bonchev–Trinajstić information content (AvgIpc) is 2.58. The Morgan fingerprint density at radius 3 is 2.00 bits per heavy atom. The van der Waals surface area contributed by atoms with Crippen LogP contribution in [0.25, 0.3) is 0 Å². The Morgan fingerprint density at radius 1 is 0.958 bits per heavy atom. The van der Waals surface area contributed by atoms with Crippen molar-refractivity contribution in [2.75, 3.05) is 33.2 Å². The highest BCUT2D eigenvalue weighted by molar-refractivity contribution is 7.89. The molecule has 0 aromatic heterocycles. The maximum Gasteiger partial charge on any atom is 0.243 e. The summed E-state index contributed by atoms with van der Waals surface area (Å²) in [5.74, 6) is -0.431. The number of hydrogen-bond acceptors (Lipinski definition) is 4. The van der Waals surface area contributed by atoms with Gasteiger partial charge in [-0.15, -0.1) is 0 Å². The predicted molar refractivity (Wildman–Crippen MR) is 89.8 cm³/mol. The van der Waals surface area contributed by atoms with Crippen molar-refractivity contribution < 1.29 is 17.5 Å². The SMILES string of the molecule is CN1CCC(OC2CCN(S(=O)(=O)c3ccc(F)cc3)CC2)CC1. The summed E-state index contributed by atoms with van der Waals surface area (Å²) in [7, 11) is -1.42. The van der Waals surface area contributed by atoms with Crippen LogP contribution in [0, 0.1) is 5.82 Å². The summed E-state index contributed by atoms with van der Waals surface area (Å²) in [6.07, 6.45) is 3.96. The molecule has 0 aliphatic carbocycles. The zero-order chi connectivity index (χ0) is 17.2. The maximum atomic E-state index is 13.0. The Bertz CT molecular complexity index is 634. The Hall–Kier alpha value is -1.02. The Labute approximate surface area is 143 Å². The van der Waals surface area contributed by atoms with Crippen LogP contribution in [0.2, 0.25) is 0 Å². The van der Waals surface area contributed by atoms with Gasteiger partial charge in [0.1, 0.15) is 5.82 Å². The molecule has 5 nitrogen and oxygen atoms in total. The minimum Gasteiger partial charge on any atom is -0.375 e. The van der Waals surface area contributed by atoms with Crippen molar-refractivity contribution in [2.24, 2.45) is 0 Å². The summed E-state index contributed by atoms with van der Waals surface area (Å²) < 4.78 is 45.8. The minimum atomic E-state index is -3.54. The van der Waals surface area contributed by atoms with E-state index in [1.54, 1.807) is 0 Å². The molecule has 1 aromatic rings. The van der Waals surface area contributed by atoms with Gasteiger partial charge in [-0.1, -0.05) is 0 Å². The van der Waals surface area contributed by atoms with Gasteiger partial charge in [0.05, 0.1) is 17.1 Å². The number of nitrogens with zero attached hydrogens (tertiary/aromatic N) is 2. The van der Waals surface area contributed by atoms with Crippen LogP contribution < -0.4 is 0 Å². The van der Waals surface area contributed by atoms with Crippen LogP contribution in [-0.2, 0) is 14.8 Å². The number of piperidine rings is 2. The molecule has 3 rings (SSSR count). The van der Waals surface area contributed by atoms with E-state index in [0.29, 0.717) is 32.0 Å². The normalized spacial score (nSPS) is 22.8. The molecule has 2 heterocycles. The number of rotatable bonds is 4. The van der Waals surface area contributed by atoms with E-state index < -0.39 is 15.8 Å². The van der Waals surface area contributed by atoms with E-state index >= 15 is 0 Å². The van der Waals surface area contributed by atoms with E-state index in [4.69, 9.17) is 4.74 Å². The minimum absolute atomic E-state index is 0.137. The van der Waals surface area contributed by atoms with Crippen molar-refractivity contribution in [1.82, 2.24) is 9.21 Å². The second-order valence-electron chi connectivity index (χ2n) is 6.70. The molecule has 2 fully saturated rings. The lowest BCUT2D eigenvalue weighted by atomic mass is 10.1. The zero-order valence-corrected chi connectivity index (χ0v) is 14.8. The molecule has 0 N–H and O–H groups in total. The van der Waals surface area contributed by atoms with E-state index in [1.165, 1.54) is 28.6 Å². The molecule has 7 heteroatoms. The topological polar surface area (TPSA) is 49.9 Å². The van der Waals surface area contributed by atoms with Gasteiger partial charge in [0.2, 0.25) is 10.0 Å². The first-order valence-corrected chi connectivity index (χ1v) is 9.99. The summed E-state index contributed by atoms with van der Waals surface area (Å²) >= 11 is 0. The molecule has 1 aromatic carbocycles. The molecule has 0 atom stereocenters. The lowest BCUT2D eigenvalue weighted by Crippen LogP contribution is -2.43. The largest absolute Gasteiger partial charge is 0.375 e. The summed E-state index contributed by atoms with van der Waals surface area (Å²) in [4.78, 5) is 2.45. The van der Waals surface area contributed by atoms with Gasteiger partial charge in [-0.3, -0.25) is 0 Å². The standard InChI is InChI=1S/C17H25FN2O3S/c1-19-10-6-15(7-11-19)23-16-8-12-20(13-9-16)24(21,22)17-4-2-14(18)3-5-17/h2-5,15-16H,6-13H2,1H3. The van der Waals surface area contributed by atoms with Gasteiger partial charge in [-0.25, -0.2) is 12.8 Å². The average molecular weight is 356 g/mol. The van der Waals surface area contributed by atoms with Crippen molar-refractivity contribution in [3.05, 3.63) is 30.1 Å². The van der Waals surface area contributed by atoms with Crippen molar-refractivity contribution >= 4 is 10.0 Å². The van der Waals surface area contributed by atoms with Crippen molar-refractivity contribution in [3.8, 4) is 0 Å². The van der Waals surface area contributed by atoms with E-state index in [0.717, 1.165) is 25.9 Å². The molecule has 0 amide bonds. The number of sulfonamides is 1. The lowest BCUT2D eigenvalue weighted by molar-refractivity contribution is -0.0564. The van der Waals surface area contributed by atoms with Gasteiger partial charge in [-0.05, 0) is 57.0 Å². The molecule has 134 valence electrons. The summed E-state index contributed by atoms with van der Waals surface area (Å²) in [6, 6.07) is 5.02. The van der Waals surface area contributed by atoms with E-state index in [9.17, 15) is 12.8 Å². The molecular formula is C17H25FN2O3S. The molecule has 2 aliphatic heterocycles. The highest BCUT2D eigenvalue weighted by Gasteiger charge is 2.31. The molecule has 0 bridgehead atoms. The van der Waals surface area contributed by atoms with Crippen LogP contribution in [-0.4, -0.2) is 63.1 Å². The number of ether oxygens (including phenoxy) is 1. The number of benzene rings is 1. The highest BCUT2D eigenvalue weighted by atomic mass is 32.2. The fraction of sp³-hybridized carbons (Fsp3) is 0.647. The number of hydrogen-bond donors (Lipinski definition) is 0. The second-order valence-corrected chi connectivity index (χ2v) is 8.63. The van der Waals surface area contributed by atoms with Crippen LogP contribution in [0.5, 0.6) is 0 Å². The molecule has 0 saturated carbocycles. The third-order valence-electron chi connectivity index (χ3n) is 4.90. The summed E-state index contributed by atoms with van der Waals surface area (Å²) in [5.41, 5.74) is 0. The molecular weight excluding hydrogens is 331 g/mol. The number of halogens is 1. The predicted octanol–water partition coefficient (Wildman–Crippen LogP) is 2.09. The van der Waals surface area contributed by atoms with Crippen molar-refractivity contribution in [1.29, 1.82) is 0 Å². The molecule has 2 aliphatic rings. The first-order valence-electron chi connectivity index (χ1n) is 8.55. The third-order valence-corrected chi connectivity index (χ3v) is 6.82. The first kappa shape index (κ1) is 17.8. The number of likely N-dealkylation sites (tertiary alicyclic amines) is 1. The fourth-order valence-corrected chi connectivity index (χ4v) is 4.83. The van der Waals surface area contributed by atoms with Gasteiger partial charge in [0.15, 0.2) is 0 Å². The molecule has 0 radical (unpaired) electrons. The van der Waals surface area contributed by atoms with Gasteiger partial charge < -0.3 is 9.64 Å². The first-order chi connectivity index (χ1) is 11.4. The quantitative estimate of drug-likeness (QED) is 0.829. The van der Waals surface area contributed by atoms with Gasteiger partial charge in [0.25, 0.3) is 0 Å². The maximum absolute atomic E-state index is 13.0. The Morgan fingerprint density at radius 2 is 1.46 bits per heavy atom. The molecule has 2 saturated heterocycles. The van der Waals surface area contributed by atoms with Gasteiger partial charge in [-0.2, -0.15) is 4.31 Å². The summed E-state index contributed by atoms with van der Waals surface area (Å²) in [5, 5.41) is 0. The van der Waals surface area contributed by atoms with Crippen LogP contribution in [0.1, 0.15) is 25.7 Å². The van der Waals surface area contributed by atoms with Crippen molar-refractivity contribution in [2.45, 2.75) is 42.8 Å². The Balaban J connectivity index is 1.53. The van der Waals surface area contributed by atoms with Gasteiger partial charge >= 0.3 is 0 Å². The molecule has 24 heavy (non-hydrogen) atoms. The van der Waals surface area contributed by atoms with Crippen LogP contribution >= 0.6 is 0 Å². The van der Waals surface area contributed by atoms with Crippen LogP contribution in [0.15, 0.2) is 29.2 Å². The lowest BCUT2D eigenvalue weighted by Gasteiger charge is -2.35. The van der Waals surface area contributed by atoms with Crippen LogP contribution in [0.4, 0.5) is 4.39 Å². The summed E-state index contributed by atoms with van der Waals surface area (Å²) in [6.45, 7) is 3.03. The zero-order valence-electron chi connectivity index (χ0n) is 14.0. The van der Waals surface area contributed by atoms with Crippen LogP contribution in [0.3, 0.4) is 0 Å². The monoisotopic (exact) mass is 356 g/mol. The highest BCUT2D eigenvalue weighted by Crippen LogP contribution is 2.24. The molecule has 0 unspecified atom stereocenters. The van der Waals surface area contributed by atoms with E-state index in [2.05, 4.69) is 11.9 Å². The van der Waals surface area contributed by atoms with E-state index in [1.807, 2.05) is 0 Å². The van der Waals surface area contributed by atoms with Crippen molar-refractivity contribution in [3.63, 3.8) is 0 Å². The van der Waals surface area contributed by atoms with Gasteiger partial charge in [0, 0.05) is 26.2 Å². The third kappa shape index (κ3) is 4.14. The fourth-order valence-electron chi connectivity index (χ4n) is 3.36. The molecule has 0 spiro atoms. The smallest absolute Gasteiger partial charge is 0.243 e. The Kier molecular flexibility index (Phi) is 5.54. The second kappa shape index (κ2) is 7.47. The van der Waals surface area contributed by atoms with E-state index in [-0.39, 0.29) is 11.0 Å².